The number of rotatable bonds is 3. The Morgan fingerprint density at radius 1 is 1.37 bits per heavy atom. The number of carbonyl (C=O) groups is 1. The van der Waals surface area contributed by atoms with Gasteiger partial charge in [-0.05, 0) is 11.6 Å². The van der Waals surface area contributed by atoms with E-state index in [0.717, 1.165) is 11.1 Å². The van der Waals surface area contributed by atoms with E-state index in [2.05, 4.69) is 5.32 Å². The predicted octanol–water partition coefficient (Wildman–Crippen LogP) is 2.82. The topological polar surface area (TPSA) is 47.6 Å². The Balaban J connectivity index is 2.15. The molecule has 0 unspecified atom stereocenters. The summed E-state index contributed by atoms with van der Waals surface area (Å²) in [6, 6.07) is 3.76. The molecule has 1 aliphatic heterocycles. The average Bonchev–Trinajstić information content (AvgIpc) is 2.82. The van der Waals surface area contributed by atoms with Crippen LogP contribution in [0.2, 0.25) is 0 Å². The summed E-state index contributed by atoms with van der Waals surface area (Å²) in [5.41, 5.74) is 1.43. The Hall–Kier alpha value is -1.42. The van der Waals surface area contributed by atoms with E-state index < -0.39 is 5.41 Å². The number of halogens is 1. The van der Waals surface area contributed by atoms with Crippen molar-refractivity contribution in [3.63, 3.8) is 0 Å². The smallest absolute Gasteiger partial charge is 0.231 e. The summed E-state index contributed by atoms with van der Waals surface area (Å²) >= 11 is 5.97. The highest BCUT2D eigenvalue weighted by molar-refractivity contribution is 6.17. The highest BCUT2D eigenvalue weighted by Gasteiger charge is 2.23. The SMILES string of the molecule is CC(C)(C)C(=O)NCc1ccc2c(c1CCl)OCO2. The molecule has 0 aliphatic carbocycles. The van der Waals surface area contributed by atoms with Crippen LogP contribution in [0.3, 0.4) is 0 Å². The molecule has 1 aromatic rings. The molecule has 19 heavy (non-hydrogen) atoms. The van der Waals surface area contributed by atoms with Gasteiger partial charge in [0.1, 0.15) is 0 Å². The van der Waals surface area contributed by atoms with Crippen LogP contribution in [0, 0.1) is 5.41 Å². The molecule has 0 bridgehead atoms. The van der Waals surface area contributed by atoms with Crippen LogP contribution in [0.5, 0.6) is 11.5 Å². The summed E-state index contributed by atoms with van der Waals surface area (Å²) in [6.07, 6.45) is 0. The fraction of sp³-hybridized carbons (Fsp3) is 0.500. The third-order valence-corrected chi connectivity index (χ3v) is 3.26. The van der Waals surface area contributed by atoms with Gasteiger partial charge in [-0.25, -0.2) is 0 Å². The van der Waals surface area contributed by atoms with Crippen molar-refractivity contribution in [1.29, 1.82) is 0 Å². The second-order valence-corrected chi connectivity index (χ2v) is 5.77. The van der Waals surface area contributed by atoms with Crippen molar-refractivity contribution >= 4 is 17.5 Å². The first-order valence-electron chi connectivity index (χ1n) is 6.18. The van der Waals surface area contributed by atoms with E-state index in [1.54, 1.807) is 0 Å². The van der Waals surface area contributed by atoms with Crippen LogP contribution < -0.4 is 14.8 Å². The summed E-state index contributed by atoms with van der Waals surface area (Å²) in [6.45, 7) is 6.30. The number of hydrogen-bond donors (Lipinski definition) is 1. The number of ether oxygens (including phenoxy) is 2. The van der Waals surface area contributed by atoms with Crippen molar-refractivity contribution in [1.82, 2.24) is 5.32 Å². The van der Waals surface area contributed by atoms with Gasteiger partial charge in [-0.3, -0.25) is 4.79 Å². The lowest BCUT2D eigenvalue weighted by Gasteiger charge is -2.18. The third kappa shape index (κ3) is 2.95. The van der Waals surface area contributed by atoms with Crippen molar-refractivity contribution in [2.24, 2.45) is 5.41 Å². The molecule has 104 valence electrons. The molecule has 1 aliphatic rings. The van der Waals surface area contributed by atoms with Gasteiger partial charge in [-0.1, -0.05) is 26.8 Å². The van der Waals surface area contributed by atoms with Gasteiger partial charge in [-0.15, -0.1) is 11.6 Å². The zero-order valence-electron chi connectivity index (χ0n) is 11.4. The molecule has 5 heteroatoms. The van der Waals surface area contributed by atoms with Crippen molar-refractivity contribution in [2.75, 3.05) is 6.79 Å². The molecule has 0 atom stereocenters. The highest BCUT2D eigenvalue weighted by atomic mass is 35.5. The van der Waals surface area contributed by atoms with Crippen LogP contribution in [-0.4, -0.2) is 12.7 Å². The first-order valence-corrected chi connectivity index (χ1v) is 6.71. The molecule has 0 spiro atoms. The van der Waals surface area contributed by atoms with E-state index in [-0.39, 0.29) is 12.7 Å². The van der Waals surface area contributed by atoms with Crippen LogP contribution in [-0.2, 0) is 17.2 Å². The Labute approximate surface area is 118 Å². The fourth-order valence-corrected chi connectivity index (χ4v) is 2.12. The molecule has 4 nitrogen and oxygen atoms in total. The third-order valence-electron chi connectivity index (χ3n) is 2.99. The Morgan fingerprint density at radius 2 is 2.11 bits per heavy atom. The van der Waals surface area contributed by atoms with Gasteiger partial charge in [0.05, 0.1) is 5.88 Å². The number of fused-ring (bicyclic) bond motifs is 1. The van der Waals surface area contributed by atoms with E-state index in [0.29, 0.717) is 23.9 Å². The minimum atomic E-state index is -0.405. The van der Waals surface area contributed by atoms with Crippen LogP contribution in [0.25, 0.3) is 0 Å². The van der Waals surface area contributed by atoms with Gasteiger partial charge < -0.3 is 14.8 Å². The maximum absolute atomic E-state index is 11.9. The van der Waals surface area contributed by atoms with Gasteiger partial charge in [0.2, 0.25) is 12.7 Å². The lowest BCUT2D eigenvalue weighted by Crippen LogP contribution is -2.34. The molecule has 0 radical (unpaired) electrons. The van der Waals surface area contributed by atoms with Gasteiger partial charge in [0.15, 0.2) is 11.5 Å². The molecule has 0 aromatic heterocycles. The van der Waals surface area contributed by atoms with E-state index in [4.69, 9.17) is 21.1 Å². The minimum Gasteiger partial charge on any atom is -0.454 e. The van der Waals surface area contributed by atoms with E-state index in [1.165, 1.54) is 0 Å². The van der Waals surface area contributed by atoms with Gasteiger partial charge in [0, 0.05) is 17.5 Å². The largest absolute Gasteiger partial charge is 0.454 e. The molecule has 1 heterocycles. The number of alkyl halides is 1. The Kier molecular flexibility index (Phi) is 3.90. The molecular weight excluding hydrogens is 266 g/mol. The monoisotopic (exact) mass is 283 g/mol. The molecule has 0 fully saturated rings. The lowest BCUT2D eigenvalue weighted by molar-refractivity contribution is -0.128. The zero-order valence-corrected chi connectivity index (χ0v) is 12.1. The quantitative estimate of drug-likeness (QED) is 0.868. The van der Waals surface area contributed by atoms with Gasteiger partial charge in [-0.2, -0.15) is 0 Å². The summed E-state index contributed by atoms with van der Waals surface area (Å²) in [5.74, 6) is 1.73. The second-order valence-electron chi connectivity index (χ2n) is 5.50. The second kappa shape index (κ2) is 5.29. The summed E-state index contributed by atoms with van der Waals surface area (Å²) in [4.78, 5) is 11.9. The predicted molar refractivity (Wildman–Crippen MR) is 73.4 cm³/mol. The number of benzene rings is 1. The number of amides is 1. The lowest BCUT2D eigenvalue weighted by atomic mass is 9.95. The summed E-state index contributed by atoms with van der Waals surface area (Å²) in [5, 5.41) is 2.91. The first-order chi connectivity index (χ1) is 8.93. The zero-order chi connectivity index (χ0) is 14.0. The van der Waals surface area contributed by atoms with Gasteiger partial charge >= 0.3 is 0 Å². The van der Waals surface area contributed by atoms with Crippen molar-refractivity contribution in [3.8, 4) is 11.5 Å². The molecule has 1 amide bonds. The molecular formula is C14H18ClNO3. The van der Waals surface area contributed by atoms with E-state index in [9.17, 15) is 4.79 Å². The number of carbonyl (C=O) groups excluding carboxylic acids is 1. The molecule has 1 N–H and O–H groups in total. The van der Waals surface area contributed by atoms with Gasteiger partial charge in [0.25, 0.3) is 0 Å². The maximum Gasteiger partial charge on any atom is 0.231 e. The van der Waals surface area contributed by atoms with Crippen LogP contribution >= 0.6 is 11.6 Å². The van der Waals surface area contributed by atoms with Crippen LogP contribution in [0.15, 0.2) is 12.1 Å². The van der Waals surface area contributed by atoms with E-state index in [1.807, 2.05) is 32.9 Å². The number of nitrogens with one attached hydrogen (secondary N) is 1. The van der Waals surface area contributed by atoms with Crippen molar-refractivity contribution in [3.05, 3.63) is 23.3 Å². The Bertz CT molecular complexity index is 494. The van der Waals surface area contributed by atoms with Crippen LogP contribution in [0.1, 0.15) is 31.9 Å². The molecule has 1 aromatic carbocycles. The Morgan fingerprint density at radius 3 is 2.74 bits per heavy atom. The first kappa shape index (κ1) is 14.0. The molecule has 0 saturated heterocycles. The summed E-state index contributed by atoms with van der Waals surface area (Å²) in [7, 11) is 0. The average molecular weight is 284 g/mol. The van der Waals surface area contributed by atoms with Crippen LogP contribution in [0.4, 0.5) is 0 Å². The van der Waals surface area contributed by atoms with Crippen molar-refractivity contribution in [2.45, 2.75) is 33.2 Å². The number of hydrogen-bond acceptors (Lipinski definition) is 3. The maximum atomic E-state index is 11.9. The minimum absolute atomic E-state index is 0.00527. The molecule has 0 saturated carbocycles. The molecule has 2 rings (SSSR count). The fourth-order valence-electron chi connectivity index (χ4n) is 1.82. The van der Waals surface area contributed by atoms with Crippen molar-refractivity contribution < 1.29 is 14.3 Å². The van der Waals surface area contributed by atoms with E-state index >= 15 is 0 Å². The standard InChI is InChI=1S/C14H18ClNO3/c1-14(2,3)13(17)16-7-9-4-5-11-12(10(9)6-15)19-8-18-11/h4-5H,6-8H2,1-3H3,(H,16,17). The normalized spacial score (nSPS) is 13.5. The highest BCUT2D eigenvalue weighted by Crippen LogP contribution is 2.38. The summed E-state index contributed by atoms with van der Waals surface area (Å²) < 4.78 is 10.7.